The van der Waals surface area contributed by atoms with Crippen LogP contribution in [0.3, 0.4) is 0 Å². The van der Waals surface area contributed by atoms with Crippen molar-refractivity contribution in [3.8, 4) is 0 Å². The van der Waals surface area contributed by atoms with E-state index in [4.69, 9.17) is 0 Å². The minimum atomic E-state index is -0.792. The summed E-state index contributed by atoms with van der Waals surface area (Å²) in [5.41, 5.74) is 3.13. The van der Waals surface area contributed by atoms with E-state index in [2.05, 4.69) is 29.7 Å². The van der Waals surface area contributed by atoms with E-state index < -0.39 is 11.6 Å². The quantitative estimate of drug-likeness (QED) is 0.763. The highest BCUT2D eigenvalue weighted by molar-refractivity contribution is 6.07. The van der Waals surface area contributed by atoms with Crippen molar-refractivity contribution in [1.82, 2.24) is 15.5 Å². The first-order valence-corrected chi connectivity index (χ1v) is 8.98. The van der Waals surface area contributed by atoms with Gasteiger partial charge in [0.2, 0.25) is 5.91 Å². The van der Waals surface area contributed by atoms with Gasteiger partial charge in [0.05, 0.1) is 0 Å². The molecule has 6 heteroatoms. The number of carbonyl (C=O) groups excluding carboxylic acids is 3. The number of hydrogen-bond acceptors (Lipinski definition) is 3. The van der Waals surface area contributed by atoms with Crippen molar-refractivity contribution in [3.05, 3.63) is 34.9 Å². The molecule has 2 aliphatic heterocycles. The largest absolute Gasteiger partial charge is 0.338 e. The van der Waals surface area contributed by atoms with Crippen LogP contribution in [-0.4, -0.2) is 34.8 Å². The normalized spacial score (nSPS) is 28.5. The Morgan fingerprint density at radius 2 is 2.00 bits per heavy atom. The Hall–Kier alpha value is -2.37. The van der Waals surface area contributed by atoms with Crippen LogP contribution in [0.25, 0.3) is 0 Å². The average Bonchev–Trinajstić information content (AvgIpc) is 2.88. The summed E-state index contributed by atoms with van der Waals surface area (Å²) < 4.78 is 0. The molecule has 0 atom stereocenters. The molecule has 1 saturated carbocycles. The molecule has 2 N–H and O–H groups in total. The van der Waals surface area contributed by atoms with E-state index in [9.17, 15) is 14.4 Å². The van der Waals surface area contributed by atoms with Crippen LogP contribution in [0.2, 0.25) is 0 Å². The Morgan fingerprint density at radius 1 is 1.24 bits per heavy atom. The lowest BCUT2D eigenvalue weighted by Gasteiger charge is -2.37. The van der Waals surface area contributed by atoms with Crippen LogP contribution < -0.4 is 10.6 Å². The van der Waals surface area contributed by atoms with E-state index in [-0.39, 0.29) is 17.7 Å². The zero-order valence-corrected chi connectivity index (χ0v) is 14.4. The predicted molar refractivity (Wildman–Crippen MR) is 91.7 cm³/mol. The zero-order valence-electron chi connectivity index (χ0n) is 14.4. The molecule has 132 valence electrons. The van der Waals surface area contributed by atoms with Crippen LogP contribution in [0.4, 0.5) is 4.79 Å². The second-order valence-corrected chi connectivity index (χ2v) is 7.49. The molecule has 4 amide bonds. The van der Waals surface area contributed by atoms with Gasteiger partial charge in [-0.05, 0) is 55.7 Å². The molecule has 2 heterocycles. The maximum Gasteiger partial charge on any atom is 0.322 e. The van der Waals surface area contributed by atoms with Crippen molar-refractivity contribution >= 4 is 17.8 Å². The average molecular weight is 341 g/mol. The fourth-order valence-corrected chi connectivity index (χ4v) is 4.48. The molecule has 0 unspecified atom stereocenters. The predicted octanol–water partition coefficient (Wildman–Crippen LogP) is 1.65. The van der Waals surface area contributed by atoms with Crippen LogP contribution in [0.1, 0.15) is 42.4 Å². The van der Waals surface area contributed by atoms with Gasteiger partial charge in [-0.15, -0.1) is 0 Å². The summed E-state index contributed by atoms with van der Waals surface area (Å²) in [7, 11) is 0. The monoisotopic (exact) mass is 341 g/mol. The van der Waals surface area contributed by atoms with Crippen LogP contribution in [0.5, 0.6) is 0 Å². The minimum Gasteiger partial charge on any atom is -0.338 e. The molecule has 1 saturated heterocycles. The summed E-state index contributed by atoms with van der Waals surface area (Å²) in [5.74, 6) is -0.111. The minimum absolute atomic E-state index is 0.0534. The van der Waals surface area contributed by atoms with E-state index in [0.717, 1.165) is 13.0 Å². The van der Waals surface area contributed by atoms with Gasteiger partial charge in [-0.3, -0.25) is 14.9 Å². The van der Waals surface area contributed by atoms with Crippen molar-refractivity contribution in [3.63, 3.8) is 0 Å². The molecule has 4 rings (SSSR count). The highest BCUT2D eigenvalue weighted by atomic mass is 16.2. The number of fused-ring (bicyclic) bond motifs is 1. The lowest BCUT2D eigenvalue weighted by Crippen LogP contribution is -2.51. The summed E-state index contributed by atoms with van der Waals surface area (Å²) in [6.07, 6.45) is 3.26. The molecule has 2 fully saturated rings. The van der Waals surface area contributed by atoms with Gasteiger partial charge in [-0.25, -0.2) is 4.79 Å². The molecule has 1 aliphatic carbocycles. The number of amides is 4. The third-order valence-electron chi connectivity index (χ3n) is 6.01. The van der Waals surface area contributed by atoms with E-state index in [1.165, 1.54) is 16.7 Å². The number of rotatable bonds is 1. The molecule has 3 aliphatic rings. The van der Waals surface area contributed by atoms with Crippen molar-refractivity contribution in [1.29, 1.82) is 0 Å². The Balaban J connectivity index is 1.42. The van der Waals surface area contributed by atoms with Gasteiger partial charge in [-0.2, -0.15) is 0 Å². The zero-order chi connectivity index (χ0) is 17.6. The standard InChI is InChI=1S/C19H23N3O3/c1-12-3-2-4-14-11-22(10-7-15(12)14)16(23)13-5-8-19(9-6-13)17(24)20-18(25)21-19/h2-4,13H,5-11H2,1H3,(H2,20,21,24,25). The third-order valence-corrected chi connectivity index (χ3v) is 6.01. The summed E-state index contributed by atoms with van der Waals surface area (Å²) >= 11 is 0. The molecule has 1 aromatic carbocycles. The molecule has 1 aromatic rings. The number of hydrogen-bond donors (Lipinski definition) is 2. The SMILES string of the molecule is Cc1cccc2c1CCN(C(=O)C1CCC3(CC1)NC(=O)NC3=O)C2. The second kappa shape index (κ2) is 5.86. The van der Waals surface area contributed by atoms with Crippen molar-refractivity contribution in [2.45, 2.75) is 51.1 Å². The van der Waals surface area contributed by atoms with E-state index >= 15 is 0 Å². The van der Waals surface area contributed by atoms with Gasteiger partial charge < -0.3 is 10.2 Å². The smallest absolute Gasteiger partial charge is 0.322 e. The summed E-state index contributed by atoms with van der Waals surface area (Å²) in [6.45, 7) is 3.56. The molecule has 0 aromatic heterocycles. The number of carbonyl (C=O) groups is 3. The van der Waals surface area contributed by atoms with Crippen molar-refractivity contribution in [2.75, 3.05) is 6.54 Å². The van der Waals surface area contributed by atoms with Crippen LogP contribution >= 0.6 is 0 Å². The maximum absolute atomic E-state index is 12.9. The fourth-order valence-electron chi connectivity index (χ4n) is 4.48. The molecule has 6 nitrogen and oxygen atoms in total. The van der Waals surface area contributed by atoms with Crippen molar-refractivity contribution < 1.29 is 14.4 Å². The van der Waals surface area contributed by atoms with Crippen LogP contribution in [-0.2, 0) is 22.6 Å². The van der Waals surface area contributed by atoms with Gasteiger partial charge >= 0.3 is 6.03 Å². The van der Waals surface area contributed by atoms with Gasteiger partial charge in [0.15, 0.2) is 0 Å². The number of urea groups is 1. The first-order chi connectivity index (χ1) is 12.0. The fraction of sp³-hybridized carbons (Fsp3) is 0.526. The topological polar surface area (TPSA) is 78.5 Å². The summed E-state index contributed by atoms with van der Waals surface area (Å²) in [5, 5.41) is 5.07. The number of aryl methyl sites for hydroxylation is 1. The maximum atomic E-state index is 12.9. The lowest BCUT2D eigenvalue weighted by molar-refractivity contribution is -0.139. The van der Waals surface area contributed by atoms with E-state index in [1.807, 2.05) is 11.0 Å². The molecular weight excluding hydrogens is 318 g/mol. The number of imide groups is 1. The Labute approximate surface area is 147 Å². The van der Waals surface area contributed by atoms with Gasteiger partial charge in [-0.1, -0.05) is 18.2 Å². The first kappa shape index (κ1) is 16.1. The van der Waals surface area contributed by atoms with Crippen LogP contribution in [0, 0.1) is 12.8 Å². The Bertz CT molecular complexity index is 750. The molecule has 0 radical (unpaired) electrons. The van der Waals surface area contributed by atoms with Gasteiger partial charge in [0.1, 0.15) is 5.54 Å². The van der Waals surface area contributed by atoms with Crippen molar-refractivity contribution in [2.24, 2.45) is 5.92 Å². The van der Waals surface area contributed by atoms with Gasteiger partial charge in [0, 0.05) is 19.0 Å². The van der Waals surface area contributed by atoms with Crippen LogP contribution in [0.15, 0.2) is 18.2 Å². The molecule has 0 bridgehead atoms. The second-order valence-electron chi connectivity index (χ2n) is 7.49. The summed E-state index contributed by atoms with van der Waals surface area (Å²) in [4.78, 5) is 38.3. The first-order valence-electron chi connectivity index (χ1n) is 8.98. The van der Waals surface area contributed by atoms with E-state index in [0.29, 0.717) is 32.2 Å². The Morgan fingerprint density at radius 3 is 2.68 bits per heavy atom. The van der Waals surface area contributed by atoms with E-state index in [1.54, 1.807) is 0 Å². The summed E-state index contributed by atoms with van der Waals surface area (Å²) in [6, 6.07) is 5.86. The highest BCUT2D eigenvalue weighted by Crippen LogP contribution is 2.36. The number of nitrogens with one attached hydrogen (secondary N) is 2. The lowest BCUT2D eigenvalue weighted by atomic mass is 9.76. The third kappa shape index (κ3) is 2.69. The molecular formula is C19H23N3O3. The molecule has 25 heavy (non-hydrogen) atoms. The molecule has 1 spiro atoms. The number of benzene rings is 1. The highest BCUT2D eigenvalue weighted by Gasteiger charge is 2.49. The Kier molecular flexibility index (Phi) is 3.78. The number of nitrogens with zero attached hydrogens (tertiary/aromatic N) is 1. The van der Waals surface area contributed by atoms with Gasteiger partial charge in [0.25, 0.3) is 5.91 Å².